The van der Waals surface area contributed by atoms with Crippen molar-refractivity contribution in [1.29, 1.82) is 0 Å². The molecule has 1 unspecified atom stereocenters. The predicted molar refractivity (Wildman–Crippen MR) is 68.4 cm³/mol. The second kappa shape index (κ2) is 5.66. The molecule has 0 aromatic heterocycles. The van der Waals surface area contributed by atoms with E-state index in [1.54, 1.807) is 13.0 Å². The van der Waals surface area contributed by atoms with Crippen LogP contribution >= 0.6 is 0 Å². The topological polar surface area (TPSA) is 102 Å². The number of nitro groups is 1. The molecule has 0 amide bonds. The van der Waals surface area contributed by atoms with Gasteiger partial charge in [-0.25, -0.2) is 0 Å². The van der Waals surface area contributed by atoms with Crippen LogP contribution in [0.2, 0.25) is 0 Å². The number of benzene rings is 1. The molecule has 0 aliphatic heterocycles. The Morgan fingerprint density at radius 3 is 2.68 bits per heavy atom. The summed E-state index contributed by atoms with van der Waals surface area (Å²) in [5, 5.41) is 22.6. The van der Waals surface area contributed by atoms with Crippen LogP contribution in [0, 0.1) is 17.0 Å². The minimum absolute atomic E-state index is 0.0540. The van der Waals surface area contributed by atoms with Crippen LogP contribution in [0.3, 0.4) is 0 Å². The number of nitrogens with one attached hydrogen (secondary N) is 1. The molecule has 1 aromatic carbocycles. The van der Waals surface area contributed by atoms with Crippen LogP contribution in [0.25, 0.3) is 0 Å². The quantitative estimate of drug-likeness (QED) is 0.596. The normalized spacial score (nSPS) is 13.6. The summed E-state index contributed by atoms with van der Waals surface area (Å²) >= 11 is 0. The summed E-state index contributed by atoms with van der Waals surface area (Å²) in [5.41, 5.74) is -0.754. The molecule has 0 aliphatic rings. The van der Waals surface area contributed by atoms with E-state index in [0.29, 0.717) is 0 Å². The van der Waals surface area contributed by atoms with Gasteiger partial charge in [0.05, 0.1) is 4.92 Å². The lowest BCUT2D eigenvalue weighted by Crippen LogP contribution is -2.52. The molecular weight excluding hydrogens is 252 g/mol. The molecule has 0 bridgehead atoms. The van der Waals surface area contributed by atoms with Gasteiger partial charge in [0.25, 0.3) is 0 Å². The smallest absolute Gasteiger partial charge is 0.327 e. The van der Waals surface area contributed by atoms with Crippen molar-refractivity contribution in [2.24, 2.45) is 0 Å². The third-order valence-electron chi connectivity index (χ3n) is 2.85. The number of carboxylic acids is 1. The standard InChI is InChI=1S/C12H16N2O5/c1-8-4-5-10(9(6-8)14(17)18)19-7-12(2,13-3)11(15)16/h4-6,13H,7H2,1-3H3,(H,15,16). The van der Waals surface area contributed by atoms with Gasteiger partial charge in [0.2, 0.25) is 0 Å². The maximum absolute atomic E-state index is 11.1. The molecule has 0 radical (unpaired) electrons. The van der Waals surface area contributed by atoms with Gasteiger partial charge in [-0.1, -0.05) is 6.07 Å². The molecule has 0 fully saturated rings. The average Bonchev–Trinajstić information content (AvgIpc) is 2.36. The molecule has 104 valence electrons. The van der Waals surface area contributed by atoms with Crippen molar-refractivity contribution in [1.82, 2.24) is 5.32 Å². The lowest BCUT2D eigenvalue weighted by molar-refractivity contribution is -0.386. The lowest BCUT2D eigenvalue weighted by Gasteiger charge is -2.24. The van der Waals surface area contributed by atoms with E-state index in [1.807, 2.05) is 0 Å². The Bertz CT molecular complexity index is 503. The molecular formula is C12H16N2O5. The number of aryl methyl sites for hydroxylation is 1. The number of hydrogen-bond acceptors (Lipinski definition) is 5. The fourth-order valence-corrected chi connectivity index (χ4v) is 1.36. The highest BCUT2D eigenvalue weighted by Gasteiger charge is 2.33. The fourth-order valence-electron chi connectivity index (χ4n) is 1.36. The van der Waals surface area contributed by atoms with E-state index in [9.17, 15) is 14.9 Å². The molecule has 2 N–H and O–H groups in total. The molecule has 0 spiro atoms. The van der Waals surface area contributed by atoms with Gasteiger partial charge in [-0.3, -0.25) is 14.9 Å². The number of aliphatic carboxylic acids is 1. The first kappa shape index (κ1) is 14.9. The van der Waals surface area contributed by atoms with E-state index in [1.165, 1.54) is 26.1 Å². The molecule has 0 saturated carbocycles. The summed E-state index contributed by atoms with van der Waals surface area (Å²) < 4.78 is 5.29. The molecule has 0 saturated heterocycles. The monoisotopic (exact) mass is 268 g/mol. The van der Waals surface area contributed by atoms with Gasteiger partial charge in [-0.05, 0) is 32.5 Å². The molecule has 7 heteroatoms. The maximum atomic E-state index is 11.1. The summed E-state index contributed by atoms with van der Waals surface area (Å²) in [6.07, 6.45) is 0. The summed E-state index contributed by atoms with van der Waals surface area (Å²) in [6, 6.07) is 4.51. The van der Waals surface area contributed by atoms with Crippen molar-refractivity contribution in [3.8, 4) is 5.75 Å². The average molecular weight is 268 g/mol. The van der Waals surface area contributed by atoms with Crippen molar-refractivity contribution in [2.75, 3.05) is 13.7 Å². The molecule has 1 rings (SSSR count). The first-order valence-corrected chi connectivity index (χ1v) is 5.60. The van der Waals surface area contributed by atoms with E-state index in [-0.39, 0.29) is 18.0 Å². The largest absolute Gasteiger partial charge is 0.484 e. The zero-order chi connectivity index (χ0) is 14.6. The number of rotatable bonds is 6. The van der Waals surface area contributed by atoms with Gasteiger partial charge < -0.3 is 15.2 Å². The van der Waals surface area contributed by atoms with Gasteiger partial charge in [0.1, 0.15) is 12.1 Å². The number of ether oxygens (including phenoxy) is 1. The third kappa shape index (κ3) is 3.41. The van der Waals surface area contributed by atoms with E-state index in [4.69, 9.17) is 9.84 Å². The van der Waals surface area contributed by atoms with Gasteiger partial charge in [-0.15, -0.1) is 0 Å². The van der Waals surface area contributed by atoms with Crippen LogP contribution in [-0.4, -0.2) is 35.2 Å². The van der Waals surface area contributed by atoms with Crippen molar-refractivity contribution in [2.45, 2.75) is 19.4 Å². The second-order valence-electron chi connectivity index (χ2n) is 4.40. The Labute approximate surface area is 110 Å². The van der Waals surface area contributed by atoms with E-state index in [0.717, 1.165) is 5.56 Å². The first-order chi connectivity index (χ1) is 8.80. The molecule has 1 aromatic rings. The van der Waals surface area contributed by atoms with Gasteiger partial charge in [0.15, 0.2) is 5.75 Å². The molecule has 19 heavy (non-hydrogen) atoms. The van der Waals surface area contributed by atoms with Crippen LogP contribution < -0.4 is 10.1 Å². The Balaban J connectivity index is 2.95. The molecule has 0 heterocycles. The number of carboxylic acid groups (broad SMARTS) is 1. The first-order valence-electron chi connectivity index (χ1n) is 5.60. The van der Waals surface area contributed by atoms with Gasteiger partial charge in [0, 0.05) is 6.07 Å². The van der Waals surface area contributed by atoms with Crippen LogP contribution in [0.4, 0.5) is 5.69 Å². The summed E-state index contributed by atoms with van der Waals surface area (Å²) in [5.74, 6) is -1.04. The van der Waals surface area contributed by atoms with Gasteiger partial charge in [-0.2, -0.15) is 0 Å². The van der Waals surface area contributed by atoms with Gasteiger partial charge >= 0.3 is 11.7 Å². The number of nitro benzene ring substituents is 1. The van der Waals surface area contributed by atoms with Crippen molar-refractivity contribution in [3.05, 3.63) is 33.9 Å². The number of hydrogen-bond donors (Lipinski definition) is 2. The molecule has 7 nitrogen and oxygen atoms in total. The number of likely N-dealkylation sites (N-methyl/N-ethyl adjacent to an activating group) is 1. The highest BCUT2D eigenvalue weighted by molar-refractivity contribution is 5.78. The van der Waals surface area contributed by atoms with Crippen LogP contribution in [0.5, 0.6) is 5.75 Å². The van der Waals surface area contributed by atoms with E-state index in [2.05, 4.69) is 5.32 Å². The summed E-state index contributed by atoms with van der Waals surface area (Å²) in [6.45, 7) is 2.95. The number of carbonyl (C=O) groups is 1. The Kier molecular flexibility index (Phi) is 4.44. The second-order valence-corrected chi connectivity index (χ2v) is 4.40. The van der Waals surface area contributed by atoms with Crippen LogP contribution in [0.1, 0.15) is 12.5 Å². The highest BCUT2D eigenvalue weighted by Crippen LogP contribution is 2.28. The zero-order valence-corrected chi connectivity index (χ0v) is 11.0. The Morgan fingerprint density at radius 2 is 2.21 bits per heavy atom. The Morgan fingerprint density at radius 1 is 1.58 bits per heavy atom. The third-order valence-corrected chi connectivity index (χ3v) is 2.85. The van der Waals surface area contributed by atoms with E-state index >= 15 is 0 Å². The highest BCUT2D eigenvalue weighted by atomic mass is 16.6. The minimum Gasteiger partial charge on any atom is -0.484 e. The predicted octanol–water partition coefficient (Wildman–Crippen LogP) is 1.34. The SMILES string of the molecule is CNC(C)(COc1ccc(C)cc1[N+](=O)[O-])C(=O)O. The summed E-state index contributed by atoms with van der Waals surface area (Å²) in [4.78, 5) is 21.4. The van der Waals surface area contributed by atoms with Crippen LogP contribution in [-0.2, 0) is 4.79 Å². The van der Waals surface area contributed by atoms with Crippen molar-refractivity contribution >= 4 is 11.7 Å². The molecule has 1 atom stereocenters. The fraction of sp³-hybridized carbons (Fsp3) is 0.417. The lowest BCUT2D eigenvalue weighted by atomic mass is 10.1. The van der Waals surface area contributed by atoms with Crippen molar-refractivity contribution in [3.63, 3.8) is 0 Å². The summed E-state index contributed by atoms with van der Waals surface area (Å²) in [7, 11) is 1.49. The number of nitrogens with zero attached hydrogens (tertiary/aromatic N) is 1. The van der Waals surface area contributed by atoms with E-state index < -0.39 is 16.4 Å². The Hall–Kier alpha value is -2.15. The molecule has 0 aliphatic carbocycles. The van der Waals surface area contributed by atoms with Crippen molar-refractivity contribution < 1.29 is 19.6 Å². The van der Waals surface area contributed by atoms with Crippen LogP contribution in [0.15, 0.2) is 18.2 Å². The minimum atomic E-state index is -1.31. The zero-order valence-electron chi connectivity index (χ0n) is 11.0. The maximum Gasteiger partial charge on any atom is 0.327 e.